The summed E-state index contributed by atoms with van der Waals surface area (Å²) in [4.78, 5) is 37.1. The van der Waals surface area contributed by atoms with Gasteiger partial charge in [0.1, 0.15) is 11.4 Å². The van der Waals surface area contributed by atoms with E-state index >= 15 is 0 Å². The van der Waals surface area contributed by atoms with Crippen molar-refractivity contribution in [1.29, 1.82) is 0 Å². The summed E-state index contributed by atoms with van der Waals surface area (Å²) in [5.74, 6) is 0.189. The number of carbonyl (C=O) groups is 2. The zero-order chi connectivity index (χ0) is 24.2. The molecule has 3 aromatic heterocycles. The number of nitrogens with zero attached hydrogens (tertiary/aromatic N) is 2. The Balaban J connectivity index is 1.27. The highest BCUT2D eigenvalue weighted by molar-refractivity contribution is 6.34. The van der Waals surface area contributed by atoms with E-state index in [1.807, 2.05) is 36.4 Å². The predicted molar refractivity (Wildman–Crippen MR) is 134 cm³/mol. The van der Waals surface area contributed by atoms with Crippen molar-refractivity contribution in [3.05, 3.63) is 108 Å². The minimum absolute atomic E-state index is 0.165. The van der Waals surface area contributed by atoms with E-state index in [9.17, 15) is 9.59 Å². The number of para-hydroxylation sites is 1. The minimum Gasteiger partial charge on any atom is -0.439 e. The Labute approximate surface area is 205 Å². The van der Waals surface area contributed by atoms with E-state index in [1.54, 1.807) is 36.7 Å². The van der Waals surface area contributed by atoms with E-state index < -0.39 is 11.8 Å². The lowest BCUT2D eigenvalue weighted by Crippen LogP contribution is -2.16. The molecule has 0 bridgehead atoms. The summed E-state index contributed by atoms with van der Waals surface area (Å²) in [6.07, 6.45) is 4.80. The Morgan fingerprint density at radius 1 is 0.829 bits per heavy atom. The molecule has 0 saturated carbocycles. The van der Waals surface area contributed by atoms with Crippen molar-refractivity contribution in [2.75, 3.05) is 10.6 Å². The molecular formula is C26H18ClN5O3. The molecule has 3 heterocycles. The number of rotatable bonds is 6. The SMILES string of the molecule is O=C(Nc1ccc(Oc2ccccc2)nc1)c1ccc(Cl)c(C(=O)Nc2cnc3[nH]ccc3c2)c1. The molecule has 9 heteroatoms. The molecule has 0 aliphatic heterocycles. The first-order valence-electron chi connectivity index (χ1n) is 10.6. The molecule has 2 aromatic carbocycles. The van der Waals surface area contributed by atoms with Gasteiger partial charge in [0.05, 0.1) is 34.4 Å². The number of carbonyl (C=O) groups excluding carboxylic acids is 2. The maximum absolute atomic E-state index is 12.8. The molecule has 0 fully saturated rings. The van der Waals surface area contributed by atoms with Crippen LogP contribution in [0.25, 0.3) is 11.0 Å². The number of aromatic amines is 1. The van der Waals surface area contributed by atoms with Crippen molar-refractivity contribution in [3.63, 3.8) is 0 Å². The van der Waals surface area contributed by atoms with Crippen molar-refractivity contribution >= 4 is 45.8 Å². The first-order valence-corrected chi connectivity index (χ1v) is 11.0. The second-order valence-electron chi connectivity index (χ2n) is 7.54. The van der Waals surface area contributed by atoms with Crippen LogP contribution in [0.5, 0.6) is 11.6 Å². The highest BCUT2D eigenvalue weighted by Crippen LogP contribution is 2.23. The number of halogens is 1. The van der Waals surface area contributed by atoms with Gasteiger partial charge >= 0.3 is 0 Å². The number of pyridine rings is 2. The summed E-state index contributed by atoms with van der Waals surface area (Å²) in [6.45, 7) is 0. The fourth-order valence-electron chi connectivity index (χ4n) is 3.37. The van der Waals surface area contributed by atoms with Gasteiger partial charge in [-0.1, -0.05) is 29.8 Å². The third-order valence-corrected chi connectivity index (χ3v) is 5.42. The summed E-state index contributed by atoms with van der Waals surface area (Å²) >= 11 is 6.25. The van der Waals surface area contributed by atoms with Gasteiger partial charge in [0.2, 0.25) is 5.88 Å². The number of ether oxygens (including phenoxy) is 1. The largest absolute Gasteiger partial charge is 0.439 e. The van der Waals surface area contributed by atoms with Gasteiger partial charge in [-0.05, 0) is 48.5 Å². The van der Waals surface area contributed by atoms with Crippen LogP contribution in [0.3, 0.4) is 0 Å². The molecule has 0 spiro atoms. The second kappa shape index (κ2) is 9.66. The number of H-pyrrole nitrogens is 1. The summed E-state index contributed by atoms with van der Waals surface area (Å²) in [6, 6.07) is 20.7. The van der Waals surface area contributed by atoms with Gasteiger partial charge in [0.15, 0.2) is 0 Å². The lowest BCUT2D eigenvalue weighted by atomic mass is 10.1. The lowest BCUT2D eigenvalue weighted by Gasteiger charge is -2.10. The monoisotopic (exact) mass is 483 g/mol. The molecule has 0 saturated heterocycles. The van der Waals surface area contributed by atoms with Gasteiger partial charge in [-0.2, -0.15) is 0 Å². The predicted octanol–water partition coefficient (Wildman–Crippen LogP) is 5.91. The van der Waals surface area contributed by atoms with E-state index in [2.05, 4.69) is 25.6 Å². The Morgan fingerprint density at radius 3 is 2.43 bits per heavy atom. The lowest BCUT2D eigenvalue weighted by molar-refractivity contribution is 0.102. The van der Waals surface area contributed by atoms with Crippen LogP contribution in [0.2, 0.25) is 5.02 Å². The summed E-state index contributed by atoms with van der Waals surface area (Å²) in [5.41, 5.74) is 2.13. The topological polar surface area (TPSA) is 109 Å². The molecule has 0 radical (unpaired) electrons. The van der Waals surface area contributed by atoms with Crippen LogP contribution in [-0.4, -0.2) is 26.8 Å². The Morgan fingerprint density at radius 2 is 1.63 bits per heavy atom. The molecule has 5 rings (SSSR count). The maximum atomic E-state index is 12.8. The van der Waals surface area contributed by atoms with E-state index in [1.165, 1.54) is 18.3 Å². The first kappa shape index (κ1) is 22.1. The standard InChI is InChI=1S/C26H18ClN5O3/c27-22-8-6-17(13-21(22)26(34)32-19-12-16-10-11-28-24(16)30-15-19)25(33)31-18-7-9-23(29-14-18)35-20-4-2-1-3-5-20/h1-15H,(H,28,30)(H,31,33)(H,32,34). The zero-order valence-corrected chi connectivity index (χ0v) is 18.9. The van der Waals surface area contributed by atoms with Crippen LogP contribution in [0.4, 0.5) is 11.4 Å². The number of anilines is 2. The number of benzene rings is 2. The molecule has 0 atom stereocenters. The van der Waals surface area contributed by atoms with Crippen LogP contribution in [0.1, 0.15) is 20.7 Å². The molecule has 3 N–H and O–H groups in total. The summed E-state index contributed by atoms with van der Waals surface area (Å²) in [5, 5.41) is 6.60. The molecule has 0 aliphatic rings. The quantitative estimate of drug-likeness (QED) is 0.278. The second-order valence-corrected chi connectivity index (χ2v) is 7.95. The van der Waals surface area contributed by atoms with Crippen LogP contribution < -0.4 is 15.4 Å². The molecule has 172 valence electrons. The number of aromatic nitrogens is 3. The summed E-state index contributed by atoms with van der Waals surface area (Å²) in [7, 11) is 0. The molecule has 0 aliphatic carbocycles. The maximum Gasteiger partial charge on any atom is 0.257 e. The number of hydrogen-bond acceptors (Lipinski definition) is 5. The normalized spacial score (nSPS) is 10.7. The van der Waals surface area contributed by atoms with Gasteiger partial charge in [-0.15, -0.1) is 0 Å². The smallest absolute Gasteiger partial charge is 0.257 e. The van der Waals surface area contributed by atoms with Crippen LogP contribution in [-0.2, 0) is 0 Å². The van der Waals surface area contributed by atoms with Crippen molar-refractivity contribution in [1.82, 2.24) is 15.0 Å². The number of amides is 2. The molecule has 2 amide bonds. The van der Waals surface area contributed by atoms with Gasteiger partial charge in [0.25, 0.3) is 11.8 Å². The first-order chi connectivity index (χ1) is 17.0. The third-order valence-electron chi connectivity index (χ3n) is 5.09. The van der Waals surface area contributed by atoms with E-state index in [0.29, 0.717) is 28.7 Å². The average Bonchev–Trinajstić information content (AvgIpc) is 3.34. The molecule has 35 heavy (non-hydrogen) atoms. The fourth-order valence-corrected chi connectivity index (χ4v) is 3.58. The Hall–Kier alpha value is -4.69. The van der Waals surface area contributed by atoms with E-state index in [0.717, 1.165) is 5.39 Å². The fraction of sp³-hybridized carbons (Fsp3) is 0. The van der Waals surface area contributed by atoms with Gasteiger partial charge in [0, 0.05) is 23.2 Å². The van der Waals surface area contributed by atoms with Crippen LogP contribution in [0, 0.1) is 0 Å². The number of hydrogen-bond donors (Lipinski definition) is 3. The van der Waals surface area contributed by atoms with Crippen molar-refractivity contribution in [2.24, 2.45) is 0 Å². The van der Waals surface area contributed by atoms with Crippen molar-refractivity contribution in [2.45, 2.75) is 0 Å². The Kier molecular flexibility index (Phi) is 6.11. The van der Waals surface area contributed by atoms with Gasteiger partial charge in [-0.25, -0.2) is 9.97 Å². The van der Waals surface area contributed by atoms with Crippen molar-refractivity contribution < 1.29 is 14.3 Å². The van der Waals surface area contributed by atoms with Gasteiger partial charge < -0.3 is 20.4 Å². The van der Waals surface area contributed by atoms with Crippen molar-refractivity contribution in [3.8, 4) is 11.6 Å². The zero-order valence-electron chi connectivity index (χ0n) is 18.2. The summed E-state index contributed by atoms with van der Waals surface area (Å²) < 4.78 is 5.66. The van der Waals surface area contributed by atoms with E-state index in [4.69, 9.17) is 16.3 Å². The Bertz CT molecular complexity index is 1520. The number of nitrogens with one attached hydrogen (secondary N) is 3. The number of fused-ring (bicyclic) bond motifs is 1. The average molecular weight is 484 g/mol. The van der Waals surface area contributed by atoms with Crippen LogP contribution >= 0.6 is 11.6 Å². The van der Waals surface area contributed by atoms with Crippen LogP contribution in [0.15, 0.2) is 91.4 Å². The minimum atomic E-state index is -0.453. The highest BCUT2D eigenvalue weighted by Gasteiger charge is 2.16. The molecule has 0 unspecified atom stereocenters. The highest BCUT2D eigenvalue weighted by atomic mass is 35.5. The molecule has 8 nitrogen and oxygen atoms in total. The third kappa shape index (κ3) is 5.13. The van der Waals surface area contributed by atoms with Gasteiger partial charge in [-0.3, -0.25) is 9.59 Å². The van der Waals surface area contributed by atoms with E-state index in [-0.39, 0.29) is 16.1 Å². The molecular weight excluding hydrogens is 466 g/mol. The molecule has 5 aromatic rings.